The molecule has 3 atom stereocenters. The van der Waals surface area contributed by atoms with Gasteiger partial charge in [0, 0.05) is 12.6 Å². The maximum atomic E-state index is 5.64. The Morgan fingerprint density at radius 2 is 2.00 bits per heavy atom. The average molecular weight is 227 g/mol. The monoisotopic (exact) mass is 227 g/mol. The van der Waals surface area contributed by atoms with E-state index in [1.54, 1.807) is 0 Å². The van der Waals surface area contributed by atoms with Crippen molar-refractivity contribution in [2.75, 3.05) is 20.3 Å². The van der Waals surface area contributed by atoms with Crippen LogP contribution >= 0.6 is 0 Å². The van der Waals surface area contributed by atoms with E-state index in [1.165, 1.54) is 19.3 Å². The van der Waals surface area contributed by atoms with Crippen LogP contribution in [-0.4, -0.2) is 26.3 Å². The molecule has 16 heavy (non-hydrogen) atoms. The van der Waals surface area contributed by atoms with Crippen molar-refractivity contribution in [1.29, 1.82) is 0 Å². The molecule has 1 fully saturated rings. The van der Waals surface area contributed by atoms with E-state index in [0.29, 0.717) is 11.5 Å². The van der Waals surface area contributed by atoms with Crippen molar-refractivity contribution < 1.29 is 4.74 Å². The summed E-state index contributed by atoms with van der Waals surface area (Å²) >= 11 is 0. The third-order valence-corrected chi connectivity index (χ3v) is 4.17. The van der Waals surface area contributed by atoms with E-state index in [0.717, 1.165) is 25.0 Å². The smallest absolute Gasteiger partial charge is 0.0520 e. The summed E-state index contributed by atoms with van der Waals surface area (Å²) in [5, 5.41) is 3.51. The number of rotatable bonds is 5. The molecule has 1 N–H and O–H groups in total. The lowest BCUT2D eigenvalue weighted by Crippen LogP contribution is -2.47. The quantitative estimate of drug-likeness (QED) is 0.779. The molecule has 0 spiro atoms. The molecule has 0 saturated heterocycles. The maximum Gasteiger partial charge on any atom is 0.0520 e. The molecule has 0 bridgehead atoms. The highest BCUT2D eigenvalue weighted by molar-refractivity contribution is 4.91. The minimum Gasteiger partial charge on any atom is -0.381 e. The van der Waals surface area contributed by atoms with E-state index in [-0.39, 0.29) is 0 Å². The zero-order valence-electron chi connectivity index (χ0n) is 11.7. The second-order valence-corrected chi connectivity index (χ2v) is 6.05. The van der Waals surface area contributed by atoms with Crippen LogP contribution in [0.3, 0.4) is 0 Å². The van der Waals surface area contributed by atoms with Gasteiger partial charge in [-0.3, -0.25) is 0 Å². The first-order chi connectivity index (χ1) is 7.51. The van der Waals surface area contributed by atoms with Crippen molar-refractivity contribution in [3.8, 4) is 0 Å². The van der Waals surface area contributed by atoms with Crippen LogP contribution in [0.25, 0.3) is 0 Å². The van der Waals surface area contributed by atoms with Gasteiger partial charge in [-0.05, 0) is 44.1 Å². The summed E-state index contributed by atoms with van der Waals surface area (Å²) in [4.78, 5) is 0. The fourth-order valence-corrected chi connectivity index (χ4v) is 3.11. The predicted molar refractivity (Wildman–Crippen MR) is 69.6 cm³/mol. The molecule has 1 aliphatic rings. The Morgan fingerprint density at radius 1 is 1.31 bits per heavy atom. The largest absolute Gasteiger partial charge is 0.381 e. The zero-order valence-corrected chi connectivity index (χ0v) is 11.7. The standard InChI is InChI=1S/C14H29NO/c1-6-16-10-14(3,4)12-8-7-11(2)9-13(12)15-5/h11-13,15H,6-10H2,1-5H3. The molecule has 3 unspecified atom stereocenters. The minimum atomic E-state index is 0.295. The second-order valence-electron chi connectivity index (χ2n) is 6.05. The van der Waals surface area contributed by atoms with Crippen LogP contribution in [0.1, 0.15) is 47.0 Å². The lowest BCUT2D eigenvalue weighted by molar-refractivity contribution is 0.00417. The number of nitrogens with one attached hydrogen (secondary N) is 1. The first-order valence-electron chi connectivity index (χ1n) is 6.76. The molecular weight excluding hydrogens is 198 g/mol. The summed E-state index contributed by atoms with van der Waals surface area (Å²) in [5.74, 6) is 1.62. The third-order valence-electron chi connectivity index (χ3n) is 4.17. The summed E-state index contributed by atoms with van der Waals surface area (Å²) in [6.45, 7) is 10.9. The van der Waals surface area contributed by atoms with Crippen molar-refractivity contribution in [2.45, 2.75) is 53.0 Å². The lowest BCUT2D eigenvalue weighted by Gasteiger charge is -2.44. The van der Waals surface area contributed by atoms with E-state index in [4.69, 9.17) is 4.74 Å². The average Bonchev–Trinajstić information content (AvgIpc) is 2.26. The fourth-order valence-electron chi connectivity index (χ4n) is 3.11. The first-order valence-corrected chi connectivity index (χ1v) is 6.76. The highest BCUT2D eigenvalue weighted by Gasteiger charge is 2.38. The fraction of sp³-hybridized carbons (Fsp3) is 1.00. The summed E-state index contributed by atoms with van der Waals surface area (Å²) in [7, 11) is 2.10. The molecule has 0 aromatic heterocycles. The Kier molecular flexibility index (Phi) is 5.26. The molecule has 2 nitrogen and oxygen atoms in total. The Bertz CT molecular complexity index is 203. The SMILES string of the molecule is CCOCC(C)(C)C1CCC(C)CC1NC. The molecule has 0 radical (unpaired) electrons. The van der Waals surface area contributed by atoms with Gasteiger partial charge < -0.3 is 10.1 Å². The van der Waals surface area contributed by atoms with Gasteiger partial charge in [0.2, 0.25) is 0 Å². The van der Waals surface area contributed by atoms with Gasteiger partial charge in [-0.1, -0.05) is 27.2 Å². The van der Waals surface area contributed by atoms with Gasteiger partial charge in [0.15, 0.2) is 0 Å². The topological polar surface area (TPSA) is 21.3 Å². The van der Waals surface area contributed by atoms with E-state index in [2.05, 4.69) is 40.1 Å². The highest BCUT2D eigenvalue weighted by atomic mass is 16.5. The van der Waals surface area contributed by atoms with Crippen molar-refractivity contribution in [3.05, 3.63) is 0 Å². The summed E-state index contributed by atoms with van der Waals surface area (Å²) in [6, 6.07) is 0.666. The van der Waals surface area contributed by atoms with Crippen LogP contribution in [0, 0.1) is 17.3 Å². The van der Waals surface area contributed by atoms with Crippen molar-refractivity contribution in [1.82, 2.24) is 5.32 Å². The molecule has 0 aromatic carbocycles. The van der Waals surface area contributed by atoms with Gasteiger partial charge in [0.1, 0.15) is 0 Å². The van der Waals surface area contributed by atoms with Crippen molar-refractivity contribution >= 4 is 0 Å². The Hall–Kier alpha value is -0.0800. The molecular formula is C14H29NO. The summed E-state index contributed by atoms with van der Waals surface area (Å²) in [5.41, 5.74) is 0.295. The van der Waals surface area contributed by atoms with Gasteiger partial charge in [-0.2, -0.15) is 0 Å². The van der Waals surface area contributed by atoms with Crippen LogP contribution in [0.15, 0.2) is 0 Å². The zero-order chi connectivity index (χ0) is 12.2. The van der Waals surface area contributed by atoms with E-state index in [9.17, 15) is 0 Å². The van der Waals surface area contributed by atoms with Gasteiger partial charge in [-0.25, -0.2) is 0 Å². The Labute approximate surface area is 101 Å². The molecule has 1 saturated carbocycles. The molecule has 1 aliphatic carbocycles. The van der Waals surface area contributed by atoms with Crippen LogP contribution in [0.4, 0.5) is 0 Å². The minimum absolute atomic E-state index is 0.295. The van der Waals surface area contributed by atoms with Gasteiger partial charge in [0.25, 0.3) is 0 Å². The van der Waals surface area contributed by atoms with Crippen LogP contribution < -0.4 is 5.32 Å². The van der Waals surface area contributed by atoms with Crippen LogP contribution in [0.2, 0.25) is 0 Å². The van der Waals surface area contributed by atoms with Crippen LogP contribution in [-0.2, 0) is 4.74 Å². The molecule has 2 heteroatoms. The molecule has 0 amide bonds. The molecule has 96 valence electrons. The molecule has 0 heterocycles. The number of ether oxygens (including phenoxy) is 1. The van der Waals surface area contributed by atoms with E-state index >= 15 is 0 Å². The van der Waals surface area contributed by atoms with E-state index in [1.807, 2.05) is 0 Å². The summed E-state index contributed by atoms with van der Waals surface area (Å²) in [6.07, 6.45) is 4.03. The summed E-state index contributed by atoms with van der Waals surface area (Å²) < 4.78 is 5.64. The van der Waals surface area contributed by atoms with Crippen molar-refractivity contribution in [3.63, 3.8) is 0 Å². The second kappa shape index (κ2) is 6.02. The van der Waals surface area contributed by atoms with E-state index < -0.39 is 0 Å². The highest BCUT2D eigenvalue weighted by Crippen LogP contribution is 2.40. The molecule has 1 rings (SSSR count). The third kappa shape index (κ3) is 3.46. The van der Waals surface area contributed by atoms with Crippen LogP contribution in [0.5, 0.6) is 0 Å². The van der Waals surface area contributed by atoms with Gasteiger partial charge >= 0.3 is 0 Å². The Morgan fingerprint density at radius 3 is 2.56 bits per heavy atom. The van der Waals surface area contributed by atoms with Crippen molar-refractivity contribution in [2.24, 2.45) is 17.3 Å². The molecule has 0 aromatic rings. The number of hydrogen-bond acceptors (Lipinski definition) is 2. The Balaban J connectivity index is 2.61. The predicted octanol–water partition coefficient (Wildman–Crippen LogP) is 3.07. The normalized spacial score (nSPS) is 31.7. The first kappa shape index (κ1) is 14.0. The maximum absolute atomic E-state index is 5.64. The lowest BCUT2D eigenvalue weighted by atomic mass is 9.66. The number of hydrogen-bond donors (Lipinski definition) is 1. The van der Waals surface area contributed by atoms with Gasteiger partial charge in [-0.15, -0.1) is 0 Å². The van der Waals surface area contributed by atoms with Gasteiger partial charge in [0.05, 0.1) is 6.61 Å². The molecule has 0 aliphatic heterocycles.